The van der Waals surface area contributed by atoms with Crippen molar-refractivity contribution in [1.82, 2.24) is 5.32 Å². The van der Waals surface area contributed by atoms with Crippen molar-refractivity contribution >= 4 is 40.0 Å². The van der Waals surface area contributed by atoms with Gasteiger partial charge >= 0.3 is 0 Å². The summed E-state index contributed by atoms with van der Waals surface area (Å²) in [4.78, 5) is 23.3. The summed E-state index contributed by atoms with van der Waals surface area (Å²) in [5.74, 6) is 0.114. The van der Waals surface area contributed by atoms with Gasteiger partial charge in [0.1, 0.15) is 17.4 Å². The largest absolute Gasteiger partial charge is 0.458 e. The standard InChI is InChI=1S/C20H15NO4S/c1-11-14-9-12(10-16-19(23)21-20(24)26-16)7-8-15(14)25-18(11)17(22)13-5-3-2-4-6-13/h2-10,17,22H,1H3,(H,21,23,24). The molecule has 0 radical (unpaired) electrons. The molecular formula is C20H15NO4S. The highest BCUT2D eigenvalue weighted by molar-refractivity contribution is 8.18. The molecule has 4 rings (SSSR count). The Hall–Kier alpha value is -2.83. The van der Waals surface area contributed by atoms with Crippen molar-refractivity contribution in [3.8, 4) is 0 Å². The number of hydrogen-bond acceptors (Lipinski definition) is 5. The Kier molecular flexibility index (Phi) is 4.14. The fraction of sp³-hybridized carbons (Fsp3) is 0.100. The summed E-state index contributed by atoms with van der Waals surface area (Å²) in [5, 5.41) is 13.4. The summed E-state index contributed by atoms with van der Waals surface area (Å²) in [5.41, 5.74) is 3.05. The zero-order valence-electron chi connectivity index (χ0n) is 13.9. The number of aliphatic hydroxyl groups is 1. The molecule has 1 unspecified atom stereocenters. The second kappa shape index (κ2) is 6.48. The molecule has 1 atom stereocenters. The van der Waals surface area contributed by atoms with Crippen LogP contribution in [-0.2, 0) is 4.79 Å². The van der Waals surface area contributed by atoms with Gasteiger partial charge in [-0.2, -0.15) is 0 Å². The molecule has 0 spiro atoms. The highest BCUT2D eigenvalue weighted by Gasteiger charge is 2.25. The third kappa shape index (κ3) is 2.94. The Labute approximate surface area is 153 Å². The minimum atomic E-state index is -0.848. The molecule has 3 aromatic rings. The first-order valence-electron chi connectivity index (χ1n) is 8.04. The molecule has 0 saturated carbocycles. The predicted octanol–water partition coefficient (Wildman–Crippen LogP) is 4.15. The number of aryl methyl sites for hydroxylation is 1. The first-order valence-corrected chi connectivity index (χ1v) is 8.85. The average molecular weight is 365 g/mol. The number of rotatable bonds is 3. The quantitative estimate of drug-likeness (QED) is 0.682. The van der Waals surface area contributed by atoms with Gasteiger partial charge in [-0.3, -0.25) is 14.9 Å². The number of benzene rings is 2. The lowest BCUT2D eigenvalue weighted by atomic mass is 10.0. The van der Waals surface area contributed by atoms with E-state index in [1.807, 2.05) is 49.4 Å². The summed E-state index contributed by atoms with van der Waals surface area (Å²) in [6, 6.07) is 14.8. The van der Waals surface area contributed by atoms with Crippen molar-refractivity contribution in [3.05, 3.63) is 75.9 Å². The van der Waals surface area contributed by atoms with Crippen molar-refractivity contribution in [1.29, 1.82) is 0 Å². The molecule has 2 aromatic carbocycles. The third-order valence-corrected chi connectivity index (χ3v) is 5.11. The molecule has 1 aliphatic rings. The number of nitrogens with one attached hydrogen (secondary N) is 1. The molecule has 2 heterocycles. The fourth-order valence-corrected chi connectivity index (χ4v) is 3.65. The van der Waals surface area contributed by atoms with Gasteiger partial charge in [0.15, 0.2) is 0 Å². The highest BCUT2D eigenvalue weighted by atomic mass is 32.2. The summed E-state index contributed by atoms with van der Waals surface area (Å²) < 4.78 is 5.87. The monoisotopic (exact) mass is 365 g/mol. The molecule has 2 amide bonds. The van der Waals surface area contributed by atoms with E-state index in [2.05, 4.69) is 5.32 Å². The second-order valence-corrected chi connectivity index (χ2v) is 7.03. The number of carbonyl (C=O) groups is 2. The van der Waals surface area contributed by atoms with Crippen molar-refractivity contribution in [3.63, 3.8) is 0 Å². The molecule has 6 heteroatoms. The molecule has 1 fully saturated rings. The van der Waals surface area contributed by atoms with Gasteiger partial charge in [-0.05, 0) is 48.0 Å². The van der Waals surface area contributed by atoms with Gasteiger partial charge in [0, 0.05) is 10.9 Å². The third-order valence-electron chi connectivity index (χ3n) is 4.30. The second-order valence-electron chi connectivity index (χ2n) is 6.01. The van der Waals surface area contributed by atoms with Crippen LogP contribution in [0.2, 0.25) is 0 Å². The van der Waals surface area contributed by atoms with E-state index in [1.165, 1.54) is 0 Å². The molecule has 130 valence electrons. The van der Waals surface area contributed by atoms with E-state index < -0.39 is 6.10 Å². The van der Waals surface area contributed by atoms with Crippen LogP contribution in [-0.4, -0.2) is 16.3 Å². The summed E-state index contributed by atoms with van der Waals surface area (Å²) in [7, 11) is 0. The number of fused-ring (bicyclic) bond motifs is 1. The maximum absolute atomic E-state index is 11.7. The van der Waals surface area contributed by atoms with Gasteiger partial charge in [0.05, 0.1) is 4.91 Å². The van der Waals surface area contributed by atoms with Gasteiger partial charge in [-0.1, -0.05) is 36.4 Å². The van der Waals surface area contributed by atoms with Crippen molar-refractivity contribution in [2.45, 2.75) is 13.0 Å². The number of hydrogen-bond donors (Lipinski definition) is 2. The Morgan fingerprint density at radius 2 is 1.92 bits per heavy atom. The zero-order valence-corrected chi connectivity index (χ0v) is 14.7. The van der Waals surface area contributed by atoms with Crippen LogP contribution in [0.1, 0.15) is 28.6 Å². The van der Waals surface area contributed by atoms with E-state index in [0.29, 0.717) is 16.2 Å². The lowest BCUT2D eigenvalue weighted by Crippen LogP contribution is -2.17. The Balaban J connectivity index is 1.73. The van der Waals surface area contributed by atoms with Gasteiger partial charge in [0.2, 0.25) is 0 Å². The minimum Gasteiger partial charge on any atom is -0.458 e. The van der Waals surface area contributed by atoms with E-state index in [-0.39, 0.29) is 11.1 Å². The number of thioether (sulfide) groups is 1. The van der Waals surface area contributed by atoms with Gasteiger partial charge < -0.3 is 9.52 Å². The van der Waals surface area contributed by atoms with Crippen LogP contribution in [0.5, 0.6) is 0 Å². The number of imide groups is 1. The van der Waals surface area contributed by atoms with Crippen LogP contribution in [0.4, 0.5) is 4.79 Å². The number of amides is 2. The Morgan fingerprint density at radius 1 is 1.15 bits per heavy atom. The summed E-state index contributed by atoms with van der Waals surface area (Å²) in [6.07, 6.45) is 0.823. The van der Waals surface area contributed by atoms with E-state index in [4.69, 9.17) is 4.42 Å². The topological polar surface area (TPSA) is 79.5 Å². The minimum absolute atomic E-state index is 0.361. The normalized spacial score (nSPS) is 17.1. The molecular weight excluding hydrogens is 350 g/mol. The molecule has 1 aromatic heterocycles. The van der Waals surface area contributed by atoms with Gasteiger partial charge in [0.25, 0.3) is 11.1 Å². The van der Waals surface area contributed by atoms with Crippen LogP contribution in [0, 0.1) is 6.92 Å². The zero-order chi connectivity index (χ0) is 18.3. The number of aliphatic hydroxyl groups excluding tert-OH is 1. The van der Waals surface area contributed by atoms with Crippen LogP contribution in [0.25, 0.3) is 17.0 Å². The SMILES string of the molecule is Cc1c(C(O)c2ccccc2)oc2ccc(C=C3SC(=O)NC3=O)cc12. The molecule has 0 aliphatic carbocycles. The lowest BCUT2D eigenvalue weighted by Gasteiger charge is -2.08. The van der Waals surface area contributed by atoms with Crippen molar-refractivity contribution < 1.29 is 19.1 Å². The maximum Gasteiger partial charge on any atom is 0.290 e. The van der Waals surface area contributed by atoms with E-state index in [9.17, 15) is 14.7 Å². The molecule has 5 nitrogen and oxygen atoms in total. The molecule has 26 heavy (non-hydrogen) atoms. The molecule has 1 saturated heterocycles. The van der Waals surface area contributed by atoms with Crippen LogP contribution in [0.3, 0.4) is 0 Å². The first kappa shape index (κ1) is 16.6. The molecule has 1 aliphatic heterocycles. The van der Waals surface area contributed by atoms with Crippen LogP contribution < -0.4 is 5.32 Å². The fourth-order valence-electron chi connectivity index (χ4n) is 2.97. The predicted molar refractivity (Wildman–Crippen MR) is 101 cm³/mol. The molecule has 2 N–H and O–H groups in total. The Morgan fingerprint density at radius 3 is 2.62 bits per heavy atom. The summed E-state index contributed by atoms with van der Waals surface area (Å²) >= 11 is 0.884. The smallest absolute Gasteiger partial charge is 0.290 e. The summed E-state index contributed by atoms with van der Waals surface area (Å²) in [6.45, 7) is 1.89. The van der Waals surface area contributed by atoms with Crippen LogP contribution >= 0.6 is 11.8 Å². The lowest BCUT2D eigenvalue weighted by molar-refractivity contribution is -0.115. The van der Waals surface area contributed by atoms with Crippen molar-refractivity contribution in [2.75, 3.05) is 0 Å². The highest BCUT2D eigenvalue weighted by Crippen LogP contribution is 2.34. The van der Waals surface area contributed by atoms with E-state index >= 15 is 0 Å². The van der Waals surface area contributed by atoms with Gasteiger partial charge in [-0.25, -0.2) is 0 Å². The average Bonchev–Trinajstić information content (AvgIpc) is 3.14. The van der Waals surface area contributed by atoms with E-state index in [1.54, 1.807) is 12.1 Å². The number of carbonyl (C=O) groups excluding carboxylic acids is 2. The number of furan rings is 1. The van der Waals surface area contributed by atoms with E-state index in [0.717, 1.165) is 33.8 Å². The maximum atomic E-state index is 11.7. The molecule has 0 bridgehead atoms. The van der Waals surface area contributed by atoms with Crippen molar-refractivity contribution in [2.24, 2.45) is 0 Å². The Bertz CT molecular complexity index is 1050. The first-order chi connectivity index (χ1) is 12.5. The van der Waals surface area contributed by atoms with Crippen LogP contribution in [0.15, 0.2) is 57.9 Å². The van der Waals surface area contributed by atoms with Gasteiger partial charge in [-0.15, -0.1) is 0 Å².